The van der Waals surface area contributed by atoms with Crippen molar-refractivity contribution in [3.8, 4) is 11.1 Å². The summed E-state index contributed by atoms with van der Waals surface area (Å²) in [6, 6.07) is 5.50. The zero-order valence-corrected chi connectivity index (χ0v) is 9.42. The molecule has 0 saturated carbocycles. The van der Waals surface area contributed by atoms with Crippen molar-refractivity contribution in [1.82, 2.24) is 9.78 Å². The minimum absolute atomic E-state index is 0.651. The van der Waals surface area contributed by atoms with Gasteiger partial charge in [0.25, 0.3) is 0 Å². The van der Waals surface area contributed by atoms with Gasteiger partial charge in [0.2, 0.25) is 0 Å². The fourth-order valence-electron chi connectivity index (χ4n) is 1.64. The van der Waals surface area contributed by atoms with Crippen LogP contribution in [0.4, 0.5) is 5.69 Å². The molecule has 0 amide bonds. The summed E-state index contributed by atoms with van der Waals surface area (Å²) in [6.45, 7) is 1.96. The van der Waals surface area contributed by atoms with Crippen molar-refractivity contribution >= 4 is 17.3 Å². The molecule has 0 atom stereocenters. The monoisotopic (exact) mass is 221 g/mol. The van der Waals surface area contributed by atoms with Crippen molar-refractivity contribution < 1.29 is 0 Å². The molecule has 2 aromatic rings. The number of nitrogen functional groups attached to an aromatic ring is 1. The van der Waals surface area contributed by atoms with Crippen LogP contribution in [0.25, 0.3) is 11.1 Å². The first kappa shape index (κ1) is 10.1. The standard InChI is InChI=1S/C11H12ClN3/c1-7-10(6-15(2)14-7)9-4-3-8(12)5-11(9)13/h3-6H,13H2,1-2H3. The molecule has 1 heterocycles. The summed E-state index contributed by atoms with van der Waals surface area (Å²) in [5.74, 6) is 0. The molecule has 1 aromatic carbocycles. The molecule has 0 fully saturated rings. The summed E-state index contributed by atoms with van der Waals surface area (Å²) >= 11 is 5.85. The van der Waals surface area contributed by atoms with Crippen LogP contribution < -0.4 is 5.73 Å². The molecule has 0 aliphatic carbocycles. The molecule has 0 bridgehead atoms. The van der Waals surface area contributed by atoms with Gasteiger partial charge in [-0.2, -0.15) is 5.10 Å². The van der Waals surface area contributed by atoms with E-state index in [1.165, 1.54) is 0 Å². The first-order valence-corrected chi connectivity index (χ1v) is 5.01. The van der Waals surface area contributed by atoms with Gasteiger partial charge in [-0.15, -0.1) is 0 Å². The van der Waals surface area contributed by atoms with Crippen molar-refractivity contribution in [3.05, 3.63) is 35.1 Å². The Bertz CT molecular complexity index is 503. The van der Waals surface area contributed by atoms with E-state index in [-0.39, 0.29) is 0 Å². The van der Waals surface area contributed by atoms with E-state index in [1.54, 1.807) is 10.7 Å². The Morgan fingerprint density at radius 1 is 1.33 bits per heavy atom. The number of nitrogens with zero attached hydrogens (tertiary/aromatic N) is 2. The Kier molecular flexibility index (Phi) is 2.40. The lowest BCUT2D eigenvalue weighted by atomic mass is 10.1. The summed E-state index contributed by atoms with van der Waals surface area (Å²) in [4.78, 5) is 0. The van der Waals surface area contributed by atoms with Gasteiger partial charge in [-0.05, 0) is 19.1 Å². The number of aryl methyl sites for hydroxylation is 2. The van der Waals surface area contributed by atoms with Gasteiger partial charge < -0.3 is 5.73 Å². The second-order valence-corrected chi connectivity index (χ2v) is 3.97. The first-order valence-electron chi connectivity index (χ1n) is 4.63. The smallest absolute Gasteiger partial charge is 0.0672 e. The molecule has 0 saturated heterocycles. The van der Waals surface area contributed by atoms with Crippen LogP contribution in [0, 0.1) is 6.92 Å². The summed E-state index contributed by atoms with van der Waals surface area (Å²) < 4.78 is 1.78. The Morgan fingerprint density at radius 3 is 2.60 bits per heavy atom. The van der Waals surface area contributed by atoms with Gasteiger partial charge in [0, 0.05) is 35.1 Å². The molecule has 78 valence electrons. The highest BCUT2D eigenvalue weighted by Gasteiger charge is 2.08. The number of hydrogen-bond donors (Lipinski definition) is 1. The molecule has 2 rings (SSSR count). The Morgan fingerprint density at radius 2 is 2.07 bits per heavy atom. The number of hydrogen-bond acceptors (Lipinski definition) is 2. The molecular formula is C11H12ClN3. The second-order valence-electron chi connectivity index (χ2n) is 3.53. The van der Waals surface area contributed by atoms with Crippen LogP contribution in [0.5, 0.6) is 0 Å². The normalized spacial score (nSPS) is 10.6. The van der Waals surface area contributed by atoms with Crippen molar-refractivity contribution in [2.24, 2.45) is 7.05 Å². The highest BCUT2D eigenvalue weighted by Crippen LogP contribution is 2.29. The molecular weight excluding hydrogens is 210 g/mol. The van der Waals surface area contributed by atoms with Crippen molar-refractivity contribution in [3.63, 3.8) is 0 Å². The quantitative estimate of drug-likeness (QED) is 0.753. The van der Waals surface area contributed by atoms with Crippen LogP contribution in [0.3, 0.4) is 0 Å². The van der Waals surface area contributed by atoms with E-state index in [9.17, 15) is 0 Å². The van der Waals surface area contributed by atoms with Gasteiger partial charge in [-0.25, -0.2) is 0 Å². The Balaban J connectivity index is 2.59. The topological polar surface area (TPSA) is 43.8 Å². The first-order chi connectivity index (χ1) is 7.08. The predicted molar refractivity (Wildman–Crippen MR) is 62.8 cm³/mol. The van der Waals surface area contributed by atoms with E-state index in [0.717, 1.165) is 16.8 Å². The molecule has 2 N–H and O–H groups in total. The number of anilines is 1. The third-order valence-corrected chi connectivity index (χ3v) is 2.55. The van der Waals surface area contributed by atoms with E-state index in [2.05, 4.69) is 5.10 Å². The van der Waals surface area contributed by atoms with Crippen molar-refractivity contribution in [2.75, 3.05) is 5.73 Å². The summed E-state index contributed by atoms with van der Waals surface area (Å²) in [7, 11) is 1.89. The van der Waals surface area contributed by atoms with Crippen LogP contribution in [0.1, 0.15) is 5.69 Å². The number of nitrogens with two attached hydrogens (primary N) is 1. The van der Waals surface area contributed by atoms with E-state index >= 15 is 0 Å². The molecule has 3 nitrogen and oxygen atoms in total. The molecule has 15 heavy (non-hydrogen) atoms. The number of benzene rings is 1. The Hall–Kier alpha value is -1.48. The SMILES string of the molecule is Cc1nn(C)cc1-c1ccc(Cl)cc1N. The maximum atomic E-state index is 5.91. The zero-order chi connectivity index (χ0) is 11.0. The number of rotatable bonds is 1. The minimum Gasteiger partial charge on any atom is -0.398 e. The number of halogens is 1. The fourth-order valence-corrected chi connectivity index (χ4v) is 1.82. The summed E-state index contributed by atoms with van der Waals surface area (Å²) in [5.41, 5.74) is 9.58. The maximum Gasteiger partial charge on any atom is 0.0672 e. The summed E-state index contributed by atoms with van der Waals surface area (Å²) in [6.07, 6.45) is 1.95. The number of aromatic nitrogens is 2. The van der Waals surface area contributed by atoms with E-state index < -0.39 is 0 Å². The molecule has 4 heteroatoms. The van der Waals surface area contributed by atoms with Crippen molar-refractivity contribution in [2.45, 2.75) is 6.92 Å². The summed E-state index contributed by atoms with van der Waals surface area (Å²) in [5, 5.41) is 4.93. The lowest BCUT2D eigenvalue weighted by molar-refractivity contribution is 0.756. The predicted octanol–water partition coefficient (Wildman–Crippen LogP) is 2.63. The maximum absolute atomic E-state index is 5.91. The molecule has 0 aliphatic heterocycles. The van der Waals surface area contributed by atoms with Crippen LogP contribution in [-0.4, -0.2) is 9.78 Å². The van der Waals surface area contributed by atoms with Crippen LogP contribution in [0.15, 0.2) is 24.4 Å². The van der Waals surface area contributed by atoms with E-state index in [0.29, 0.717) is 10.7 Å². The van der Waals surface area contributed by atoms with E-state index in [1.807, 2.05) is 32.3 Å². The third kappa shape index (κ3) is 1.83. The molecule has 1 aromatic heterocycles. The van der Waals surface area contributed by atoms with Crippen LogP contribution >= 0.6 is 11.6 Å². The average molecular weight is 222 g/mol. The molecule has 0 unspecified atom stereocenters. The Labute approximate surface area is 93.5 Å². The fraction of sp³-hybridized carbons (Fsp3) is 0.182. The molecule has 0 spiro atoms. The average Bonchev–Trinajstić information content (AvgIpc) is 2.45. The molecule has 0 aliphatic rings. The largest absolute Gasteiger partial charge is 0.398 e. The van der Waals surface area contributed by atoms with Gasteiger partial charge in [-0.3, -0.25) is 4.68 Å². The second kappa shape index (κ2) is 3.59. The van der Waals surface area contributed by atoms with Gasteiger partial charge in [-0.1, -0.05) is 17.7 Å². The van der Waals surface area contributed by atoms with Crippen molar-refractivity contribution in [1.29, 1.82) is 0 Å². The van der Waals surface area contributed by atoms with Crippen LogP contribution in [-0.2, 0) is 7.05 Å². The van der Waals surface area contributed by atoms with E-state index in [4.69, 9.17) is 17.3 Å². The zero-order valence-electron chi connectivity index (χ0n) is 8.66. The van der Waals surface area contributed by atoms with Gasteiger partial charge >= 0.3 is 0 Å². The van der Waals surface area contributed by atoms with Gasteiger partial charge in [0.1, 0.15) is 0 Å². The minimum atomic E-state index is 0.651. The highest BCUT2D eigenvalue weighted by molar-refractivity contribution is 6.31. The van der Waals surface area contributed by atoms with Gasteiger partial charge in [0.05, 0.1) is 5.69 Å². The highest BCUT2D eigenvalue weighted by atomic mass is 35.5. The van der Waals surface area contributed by atoms with Gasteiger partial charge in [0.15, 0.2) is 0 Å². The lowest BCUT2D eigenvalue weighted by Crippen LogP contribution is -1.90. The third-order valence-electron chi connectivity index (χ3n) is 2.32. The van der Waals surface area contributed by atoms with Crippen LogP contribution in [0.2, 0.25) is 5.02 Å². The lowest BCUT2D eigenvalue weighted by Gasteiger charge is -2.04. The molecule has 0 radical (unpaired) electrons.